The van der Waals surface area contributed by atoms with Crippen molar-refractivity contribution in [2.24, 2.45) is 5.73 Å². The van der Waals surface area contributed by atoms with Crippen molar-refractivity contribution in [2.75, 3.05) is 5.73 Å². The van der Waals surface area contributed by atoms with Crippen LogP contribution in [0.15, 0.2) is 36.8 Å². The molecule has 6 nitrogen and oxygen atoms in total. The highest BCUT2D eigenvalue weighted by molar-refractivity contribution is 5.88. The van der Waals surface area contributed by atoms with Gasteiger partial charge in [-0.15, -0.1) is 0 Å². The van der Waals surface area contributed by atoms with Crippen molar-refractivity contribution in [2.45, 2.75) is 0 Å². The number of nitrogens with zero attached hydrogens (tertiary/aromatic N) is 2. The zero-order chi connectivity index (χ0) is 11.1. The molecule has 0 saturated heterocycles. The molecule has 2 aromatic rings. The number of aromatic nitrogens is 3. The Bertz CT molecular complexity index is 398. The van der Waals surface area contributed by atoms with Crippen LogP contribution in [0.3, 0.4) is 0 Å². The third-order valence-electron chi connectivity index (χ3n) is 1.41. The molecule has 0 fully saturated rings. The largest absolute Gasteiger partial charge is 0.385 e. The molecular formula is C9H11N5O. The van der Waals surface area contributed by atoms with Crippen LogP contribution in [-0.4, -0.2) is 20.9 Å². The number of aromatic amines is 1. The van der Waals surface area contributed by atoms with E-state index in [1.165, 1.54) is 12.4 Å². The Kier molecular flexibility index (Phi) is 3.84. The molecule has 0 saturated carbocycles. The third-order valence-corrected chi connectivity index (χ3v) is 1.41. The van der Waals surface area contributed by atoms with Gasteiger partial charge in [0.1, 0.15) is 5.82 Å². The highest BCUT2D eigenvalue weighted by Crippen LogP contribution is 1.90. The molecule has 0 atom stereocenters. The Balaban J connectivity index is 0.000000162. The predicted molar refractivity (Wildman–Crippen MR) is 55.8 cm³/mol. The molecule has 0 bridgehead atoms. The lowest BCUT2D eigenvalue weighted by atomic mass is 10.5. The fourth-order valence-corrected chi connectivity index (χ4v) is 0.771. The van der Waals surface area contributed by atoms with Gasteiger partial charge in [0.2, 0.25) is 5.82 Å². The van der Waals surface area contributed by atoms with Crippen molar-refractivity contribution in [1.82, 2.24) is 15.0 Å². The summed E-state index contributed by atoms with van der Waals surface area (Å²) in [6.07, 6.45) is 4.72. The minimum absolute atomic E-state index is 0.0532. The van der Waals surface area contributed by atoms with Crippen molar-refractivity contribution in [3.05, 3.63) is 42.6 Å². The highest BCUT2D eigenvalue weighted by Gasteiger charge is 1.98. The van der Waals surface area contributed by atoms with E-state index in [4.69, 9.17) is 11.5 Å². The number of nitrogen functional groups attached to an aromatic ring is 1. The Morgan fingerprint density at radius 3 is 2.20 bits per heavy atom. The molecule has 0 radical (unpaired) electrons. The first-order chi connectivity index (χ1) is 7.20. The molecule has 78 valence electrons. The van der Waals surface area contributed by atoms with Crippen LogP contribution < -0.4 is 11.5 Å². The fourth-order valence-electron chi connectivity index (χ4n) is 0.771. The van der Waals surface area contributed by atoms with Gasteiger partial charge in [0.25, 0.3) is 5.91 Å². The average Bonchev–Trinajstić information content (AvgIpc) is 2.71. The molecular weight excluding hydrogens is 194 g/mol. The van der Waals surface area contributed by atoms with Gasteiger partial charge >= 0.3 is 0 Å². The van der Waals surface area contributed by atoms with Crippen molar-refractivity contribution in [1.29, 1.82) is 0 Å². The number of carbonyl (C=O) groups excluding carboxylic acids is 1. The summed E-state index contributed by atoms with van der Waals surface area (Å²) in [7, 11) is 0. The molecule has 0 aliphatic rings. The van der Waals surface area contributed by atoms with Crippen molar-refractivity contribution in [3.8, 4) is 0 Å². The molecule has 0 aliphatic heterocycles. The molecule has 1 amide bonds. The van der Waals surface area contributed by atoms with Gasteiger partial charge in [-0.25, -0.2) is 9.97 Å². The summed E-state index contributed by atoms with van der Waals surface area (Å²) in [5.74, 6) is 0.170. The second-order valence-electron chi connectivity index (χ2n) is 2.56. The maximum Gasteiger partial charge on any atom is 0.286 e. The molecule has 5 N–H and O–H groups in total. The molecule has 6 heteroatoms. The first kappa shape index (κ1) is 10.7. The van der Waals surface area contributed by atoms with Crippen LogP contribution in [0.2, 0.25) is 0 Å². The van der Waals surface area contributed by atoms with Gasteiger partial charge in [0.05, 0.1) is 0 Å². The van der Waals surface area contributed by atoms with Crippen molar-refractivity contribution >= 4 is 11.7 Å². The molecule has 2 aromatic heterocycles. The van der Waals surface area contributed by atoms with Gasteiger partial charge in [0.15, 0.2) is 0 Å². The monoisotopic (exact) mass is 205 g/mol. The summed E-state index contributed by atoms with van der Waals surface area (Å²) >= 11 is 0. The van der Waals surface area contributed by atoms with Gasteiger partial charge < -0.3 is 16.5 Å². The summed E-state index contributed by atoms with van der Waals surface area (Å²) in [6.45, 7) is 0. The van der Waals surface area contributed by atoms with Gasteiger partial charge in [-0.3, -0.25) is 4.79 Å². The second kappa shape index (κ2) is 5.38. The molecule has 0 unspecified atom stereocenters. The maximum atomic E-state index is 10.3. The zero-order valence-electron chi connectivity index (χ0n) is 7.92. The Morgan fingerprint density at radius 1 is 1.27 bits per heavy atom. The lowest BCUT2D eigenvalue weighted by molar-refractivity contribution is 0.0990. The maximum absolute atomic E-state index is 10.3. The number of anilines is 1. The first-order valence-electron chi connectivity index (χ1n) is 4.16. The van der Waals surface area contributed by atoms with E-state index in [1.54, 1.807) is 18.3 Å². The highest BCUT2D eigenvalue weighted by atomic mass is 16.1. The van der Waals surface area contributed by atoms with E-state index in [-0.39, 0.29) is 5.82 Å². The lowest BCUT2D eigenvalue weighted by Crippen LogP contribution is -2.14. The standard InChI is InChI=1S/C5H5N3O.C4H6N2/c6-4(9)5-7-2-1-3-8-5;5-4-2-1-3-6-4/h1-3H,(H2,6,9);1-3,6H,5H2. The second-order valence-corrected chi connectivity index (χ2v) is 2.56. The molecule has 15 heavy (non-hydrogen) atoms. The van der Waals surface area contributed by atoms with Gasteiger partial charge in [-0.05, 0) is 18.2 Å². The number of hydrogen-bond acceptors (Lipinski definition) is 4. The van der Waals surface area contributed by atoms with Crippen LogP contribution >= 0.6 is 0 Å². The summed E-state index contributed by atoms with van der Waals surface area (Å²) in [4.78, 5) is 20.3. The normalized spacial score (nSPS) is 8.80. The van der Waals surface area contributed by atoms with Crippen LogP contribution in [0, 0.1) is 0 Å². The third kappa shape index (κ3) is 3.90. The number of rotatable bonds is 1. The van der Waals surface area contributed by atoms with E-state index in [0.717, 1.165) is 5.82 Å². The van der Waals surface area contributed by atoms with Crippen LogP contribution in [0.1, 0.15) is 10.6 Å². The van der Waals surface area contributed by atoms with E-state index >= 15 is 0 Å². The number of hydrogen-bond donors (Lipinski definition) is 3. The molecule has 0 spiro atoms. The number of primary amides is 1. The van der Waals surface area contributed by atoms with E-state index in [0.29, 0.717) is 0 Å². The Morgan fingerprint density at radius 2 is 1.93 bits per heavy atom. The van der Waals surface area contributed by atoms with Crippen LogP contribution in [0.5, 0.6) is 0 Å². The summed E-state index contributed by atoms with van der Waals surface area (Å²) in [5, 5.41) is 0. The fraction of sp³-hybridized carbons (Fsp3) is 0. The minimum Gasteiger partial charge on any atom is -0.385 e. The number of amides is 1. The molecule has 0 aliphatic carbocycles. The SMILES string of the molecule is NC(=O)c1ncccn1.Nc1ccc[nH]1. The van der Waals surface area contributed by atoms with Crippen LogP contribution in [0.25, 0.3) is 0 Å². The summed E-state index contributed by atoms with van der Waals surface area (Å²) < 4.78 is 0. The van der Waals surface area contributed by atoms with E-state index in [2.05, 4.69) is 15.0 Å². The number of carbonyl (C=O) groups is 1. The summed E-state index contributed by atoms with van der Waals surface area (Å²) in [6, 6.07) is 5.28. The minimum atomic E-state index is -0.601. The number of H-pyrrole nitrogens is 1. The smallest absolute Gasteiger partial charge is 0.286 e. The quantitative estimate of drug-likeness (QED) is 0.616. The topological polar surface area (TPSA) is 111 Å². The van der Waals surface area contributed by atoms with Crippen LogP contribution in [0.4, 0.5) is 5.82 Å². The first-order valence-corrected chi connectivity index (χ1v) is 4.16. The molecule has 0 aromatic carbocycles. The predicted octanol–water partition coefficient (Wildman–Crippen LogP) is 0.172. The van der Waals surface area contributed by atoms with Gasteiger partial charge in [0, 0.05) is 18.6 Å². The van der Waals surface area contributed by atoms with Gasteiger partial charge in [-0.1, -0.05) is 0 Å². The number of nitrogens with one attached hydrogen (secondary N) is 1. The average molecular weight is 205 g/mol. The number of nitrogens with two attached hydrogens (primary N) is 2. The zero-order valence-corrected chi connectivity index (χ0v) is 7.92. The Hall–Kier alpha value is -2.37. The van der Waals surface area contributed by atoms with Crippen LogP contribution in [-0.2, 0) is 0 Å². The van der Waals surface area contributed by atoms with Crippen molar-refractivity contribution in [3.63, 3.8) is 0 Å². The summed E-state index contributed by atoms with van der Waals surface area (Å²) in [5.41, 5.74) is 10.1. The van der Waals surface area contributed by atoms with Gasteiger partial charge in [-0.2, -0.15) is 0 Å². The molecule has 2 rings (SSSR count). The van der Waals surface area contributed by atoms with Crippen molar-refractivity contribution < 1.29 is 4.79 Å². The van der Waals surface area contributed by atoms with E-state index < -0.39 is 5.91 Å². The van der Waals surface area contributed by atoms with E-state index in [9.17, 15) is 4.79 Å². The Labute approximate surface area is 86.3 Å². The molecule has 2 heterocycles. The van der Waals surface area contributed by atoms with E-state index in [1.807, 2.05) is 6.07 Å². The lowest BCUT2D eigenvalue weighted by Gasteiger charge is -1.87.